The summed E-state index contributed by atoms with van der Waals surface area (Å²) in [5.74, 6) is -0.272. The summed E-state index contributed by atoms with van der Waals surface area (Å²) >= 11 is 1.33. The standard InChI is InChI=1S/C24H24N4O3S/c1-13-5-7-16(8-6-13)26-21(29)14(2)28-12-25-19-17-9-15-11-31-24(3,4)10-18(15)27-22(17)32-20(19)23(28)30/h5-9,12,14H,10-11H2,1-4H3,(H,26,29)/t14-/m0/s1. The van der Waals surface area contributed by atoms with Gasteiger partial charge in [-0.05, 0) is 45.9 Å². The van der Waals surface area contributed by atoms with Crippen LogP contribution in [0.2, 0.25) is 0 Å². The minimum absolute atomic E-state index is 0.237. The first-order valence-electron chi connectivity index (χ1n) is 10.6. The van der Waals surface area contributed by atoms with Crippen LogP contribution >= 0.6 is 11.3 Å². The van der Waals surface area contributed by atoms with Gasteiger partial charge in [-0.25, -0.2) is 9.97 Å². The van der Waals surface area contributed by atoms with Gasteiger partial charge in [0.1, 0.15) is 15.6 Å². The summed E-state index contributed by atoms with van der Waals surface area (Å²) in [7, 11) is 0. The van der Waals surface area contributed by atoms with Crippen molar-refractivity contribution in [3.05, 3.63) is 63.8 Å². The zero-order chi connectivity index (χ0) is 22.6. The van der Waals surface area contributed by atoms with Crippen molar-refractivity contribution >= 4 is 43.4 Å². The van der Waals surface area contributed by atoms with Gasteiger partial charge in [0, 0.05) is 23.1 Å². The highest BCUT2D eigenvalue weighted by Gasteiger charge is 2.28. The molecule has 0 aliphatic carbocycles. The Balaban J connectivity index is 1.51. The Kier molecular flexibility index (Phi) is 4.87. The number of hydrogen-bond acceptors (Lipinski definition) is 6. The maximum absolute atomic E-state index is 13.3. The SMILES string of the molecule is Cc1ccc(NC(=O)[C@H](C)n2cnc3c(sc4nc5c(cc43)COC(C)(C)C5)c2=O)cc1. The van der Waals surface area contributed by atoms with E-state index in [9.17, 15) is 9.59 Å². The Morgan fingerprint density at radius 2 is 2.03 bits per heavy atom. The molecule has 7 nitrogen and oxygen atoms in total. The minimum atomic E-state index is -0.707. The third-order valence-corrected chi connectivity index (χ3v) is 6.97. The molecule has 0 fully saturated rings. The second-order valence-corrected chi connectivity index (χ2v) is 9.94. The normalized spacial score (nSPS) is 16.1. The Labute approximate surface area is 189 Å². The third-order valence-electron chi connectivity index (χ3n) is 5.89. The monoisotopic (exact) mass is 448 g/mol. The molecule has 0 spiro atoms. The van der Waals surface area contributed by atoms with Crippen molar-refractivity contribution in [1.82, 2.24) is 14.5 Å². The first-order chi connectivity index (χ1) is 15.2. The molecule has 1 aliphatic heterocycles. The highest BCUT2D eigenvalue weighted by molar-refractivity contribution is 7.25. The largest absolute Gasteiger partial charge is 0.370 e. The number of ether oxygens (including phenoxy) is 1. The molecule has 1 atom stereocenters. The fourth-order valence-corrected chi connectivity index (χ4v) is 5.01. The highest BCUT2D eigenvalue weighted by Crippen LogP contribution is 2.34. The van der Waals surface area contributed by atoms with Gasteiger partial charge in [-0.3, -0.25) is 14.2 Å². The highest BCUT2D eigenvalue weighted by atomic mass is 32.1. The van der Waals surface area contributed by atoms with E-state index in [2.05, 4.69) is 24.1 Å². The average Bonchev–Trinajstić information content (AvgIpc) is 3.11. The molecule has 1 aromatic carbocycles. The van der Waals surface area contributed by atoms with E-state index in [1.54, 1.807) is 6.92 Å². The topological polar surface area (TPSA) is 86.1 Å². The van der Waals surface area contributed by atoms with Gasteiger partial charge in [0.25, 0.3) is 5.56 Å². The number of nitrogens with zero attached hydrogens (tertiary/aromatic N) is 3. The van der Waals surface area contributed by atoms with E-state index < -0.39 is 6.04 Å². The van der Waals surface area contributed by atoms with E-state index >= 15 is 0 Å². The molecule has 1 aliphatic rings. The van der Waals surface area contributed by atoms with Crippen LogP contribution in [0.15, 0.2) is 41.5 Å². The van der Waals surface area contributed by atoms with Crippen molar-refractivity contribution < 1.29 is 9.53 Å². The average molecular weight is 449 g/mol. The third kappa shape index (κ3) is 3.59. The summed E-state index contributed by atoms with van der Waals surface area (Å²) < 4.78 is 7.81. The van der Waals surface area contributed by atoms with Crippen molar-refractivity contribution in [2.75, 3.05) is 5.32 Å². The number of benzene rings is 1. The molecule has 8 heteroatoms. The van der Waals surface area contributed by atoms with E-state index in [-0.39, 0.29) is 17.1 Å². The number of aryl methyl sites for hydroxylation is 1. The van der Waals surface area contributed by atoms with Crippen LogP contribution in [0.4, 0.5) is 5.69 Å². The lowest BCUT2D eigenvalue weighted by Gasteiger charge is -2.30. The van der Waals surface area contributed by atoms with Gasteiger partial charge in [0.15, 0.2) is 0 Å². The number of aromatic nitrogens is 3. The molecule has 5 rings (SSSR count). The molecular formula is C24H24N4O3S. The van der Waals surface area contributed by atoms with Crippen molar-refractivity contribution in [1.29, 1.82) is 0 Å². The number of rotatable bonds is 3. The predicted octanol–water partition coefficient (Wildman–Crippen LogP) is 4.37. The molecule has 32 heavy (non-hydrogen) atoms. The number of pyridine rings is 1. The molecule has 1 N–H and O–H groups in total. The van der Waals surface area contributed by atoms with Crippen molar-refractivity contribution in [3.8, 4) is 0 Å². The molecule has 3 aromatic heterocycles. The fourth-order valence-electron chi connectivity index (χ4n) is 3.94. The van der Waals surface area contributed by atoms with E-state index in [0.29, 0.717) is 22.5 Å². The first kappa shape index (κ1) is 20.8. The van der Waals surface area contributed by atoms with Crippen LogP contribution in [-0.4, -0.2) is 26.0 Å². The Morgan fingerprint density at radius 1 is 1.28 bits per heavy atom. The molecule has 0 saturated carbocycles. The summed E-state index contributed by atoms with van der Waals surface area (Å²) in [6.45, 7) is 8.28. The van der Waals surface area contributed by atoms with Crippen LogP contribution in [0.5, 0.6) is 0 Å². The summed E-state index contributed by atoms with van der Waals surface area (Å²) in [5.41, 5.74) is 3.97. The molecular weight excluding hydrogens is 424 g/mol. The van der Waals surface area contributed by atoms with E-state index in [0.717, 1.165) is 33.5 Å². The number of amides is 1. The lowest BCUT2D eigenvalue weighted by atomic mass is 9.95. The van der Waals surface area contributed by atoms with Crippen LogP contribution in [0, 0.1) is 6.92 Å². The Hall–Kier alpha value is -3.10. The zero-order valence-corrected chi connectivity index (χ0v) is 19.2. The number of carbonyl (C=O) groups is 1. The van der Waals surface area contributed by atoms with Crippen LogP contribution in [0.1, 0.15) is 43.6 Å². The first-order valence-corrected chi connectivity index (χ1v) is 11.4. The zero-order valence-electron chi connectivity index (χ0n) is 18.4. The quantitative estimate of drug-likeness (QED) is 0.503. The van der Waals surface area contributed by atoms with Crippen molar-refractivity contribution in [2.45, 2.75) is 52.4 Å². The van der Waals surface area contributed by atoms with Gasteiger partial charge in [0.05, 0.1) is 29.7 Å². The maximum atomic E-state index is 13.3. The number of thiophene rings is 1. The van der Waals surface area contributed by atoms with Crippen LogP contribution in [-0.2, 0) is 22.6 Å². The second kappa shape index (κ2) is 7.50. The van der Waals surface area contributed by atoms with Gasteiger partial charge in [-0.2, -0.15) is 0 Å². The molecule has 0 saturated heterocycles. The molecule has 4 heterocycles. The Bertz CT molecular complexity index is 1420. The summed E-state index contributed by atoms with van der Waals surface area (Å²) in [6.07, 6.45) is 2.18. The maximum Gasteiger partial charge on any atom is 0.272 e. The van der Waals surface area contributed by atoms with Crippen molar-refractivity contribution in [2.24, 2.45) is 0 Å². The smallest absolute Gasteiger partial charge is 0.272 e. The van der Waals surface area contributed by atoms with Gasteiger partial charge in [-0.1, -0.05) is 17.7 Å². The second-order valence-electron chi connectivity index (χ2n) is 8.94. The molecule has 0 radical (unpaired) electrons. The lowest BCUT2D eigenvalue weighted by molar-refractivity contribution is -0.118. The lowest BCUT2D eigenvalue weighted by Crippen LogP contribution is -2.32. The van der Waals surface area contributed by atoms with E-state index in [1.165, 1.54) is 22.2 Å². The fraction of sp³-hybridized carbons (Fsp3) is 0.333. The molecule has 1 amide bonds. The van der Waals surface area contributed by atoms with Crippen molar-refractivity contribution in [3.63, 3.8) is 0 Å². The van der Waals surface area contributed by atoms with Gasteiger partial charge in [-0.15, -0.1) is 11.3 Å². The van der Waals surface area contributed by atoms with Crippen LogP contribution < -0.4 is 10.9 Å². The summed E-state index contributed by atoms with van der Waals surface area (Å²) in [6, 6.07) is 8.87. The Morgan fingerprint density at radius 3 is 2.78 bits per heavy atom. The number of carbonyl (C=O) groups excluding carboxylic acids is 1. The van der Waals surface area contributed by atoms with E-state index in [1.807, 2.05) is 37.3 Å². The molecule has 4 aromatic rings. The van der Waals surface area contributed by atoms with Gasteiger partial charge in [0.2, 0.25) is 5.91 Å². The summed E-state index contributed by atoms with van der Waals surface area (Å²) in [5, 5.41) is 3.72. The number of fused-ring (bicyclic) bond motifs is 4. The number of hydrogen-bond donors (Lipinski definition) is 1. The van der Waals surface area contributed by atoms with Gasteiger partial charge < -0.3 is 10.1 Å². The number of anilines is 1. The predicted molar refractivity (Wildman–Crippen MR) is 126 cm³/mol. The molecule has 0 bridgehead atoms. The van der Waals surface area contributed by atoms with Crippen LogP contribution in [0.25, 0.3) is 20.4 Å². The van der Waals surface area contributed by atoms with Gasteiger partial charge >= 0.3 is 0 Å². The molecule has 0 unspecified atom stereocenters. The van der Waals surface area contributed by atoms with Crippen LogP contribution in [0.3, 0.4) is 0 Å². The number of nitrogens with one attached hydrogen (secondary N) is 1. The van der Waals surface area contributed by atoms with E-state index in [4.69, 9.17) is 9.72 Å². The minimum Gasteiger partial charge on any atom is -0.370 e. The summed E-state index contributed by atoms with van der Waals surface area (Å²) in [4.78, 5) is 36.2. The molecule has 164 valence electrons.